The van der Waals surface area contributed by atoms with Gasteiger partial charge in [-0.15, -0.1) is 0 Å². The van der Waals surface area contributed by atoms with Gasteiger partial charge in [0.25, 0.3) is 5.69 Å². The second kappa shape index (κ2) is 5.58. The van der Waals surface area contributed by atoms with Crippen molar-refractivity contribution in [2.24, 2.45) is 0 Å². The Morgan fingerprint density at radius 1 is 1.10 bits per heavy atom. The van der Waals surface area contributed by atoms with Crippen LogP contribution in [0.3, 0.4) is 0 Å². The third kappa shape index (κ3) is 2.81. The van der Waals surface area contributed by atoms with E-state index in [2.05, 4.69) is 4.98 Å². The zero-order chi connectivity index (χ0) is 14.7. The highest BCUT2D eigenvalue weighted by atomic mass is 16.6. The van der Waals surface area contributed by atoms with E-state index in [4.69, 9.17) is 4.74 Å². The van der Waals surface area contributed by atoms with Crippen LogP contribution in [0.5, 0.6) is 5.75 Å². The molecule has 5 heteroatoms. The van der Waals surface area contributed by atoms with Gasteiger partial charge < -0.3 is 4.74 Å². The molecule has 21 heavy (non-hydrogen) atoms. The van der Waals surface area contributed by atoms with Gasteiger partial charge in [-0.05, 0) is 17.7 Å². The Morgan fingerprint density at radius 2 is 1.90 bits per heavy atom. The highest BCUT2D eigenvalue weighted by Gasteiger charge is 2.15. The maximum Gasteiger partial charge on any atom is 0.299 e. The van der Waals surface area contributed by atoms with Crippen molar-refractivity contribution in [1.82, 2.24) is 4.98 Å². The average molecular weight is 280 g/mol. The predicted octanol–water partition coefficient (Wildman–Crippen LogP) is 3.72. The Morgan fingerprint density at radius 3 is 2.67 bits per heavy atom. The van der Waals surface area contributed by atoms with E-state index in [-0.39, 0.29) is 5.69 Å². The molecule has 0 saturated heterocycles. The van der Waals surface area contributed by atoms with Gasteiger partial charge in [-0.2, -0.15) is 0 Å². The fraction of sp³-hybridized carbons (Fsp3) is 0.0625. The number of nitro benzene ring substituents is 1. The fourth-order valence-corrected chi connectivity index (χ4v) is 2.11. The number of ether oxygens (including phenoxy) is 1. The summed E-state index contributed by atoms with van der Waals surface area (Å²) < 4.78 is 5.66. The molecule has 0 bridgehead atoms. The monoisotopic (exact) mass is 280 g/mol. The van der Waals surface area contributed by atoms with Crippen LogP contribution >= 0.6 is 0 Å². The first-order valence-corrected chi connectivity index (χ1v) is 6.44. The van der Waals surface area contributed by atoms with Crippen LogP contribution in [-0.2, 0) is 6.61 Å². The lowest BCUT2D eigenvalue weighted by Crippen LogP contribution is -1.97. The van der Waals surface area contributed by atoms with E-state index in [9.17, 15) is 10.1 Å². The van der Waals surface area contributed by atoms with Crippen LogP contribution in [0.1, 0.15) is 5.56 Å². The van der Waals surface area contributed by atoms with Gasteiger partial charge in [0.2, 0.25) is 0 Å². The van der Waals surface area contributed by atoms with Crippen molar-refractivity contribution < 1.29 is 9.66 Å². The van der Waals surface area contributed by atoms with Gasteiger partial charge in [0.15, 0.2) is 0 Å². The van der Waals surface area contributed by atoms with Crippen LogP contribution in [0.15, 0.2) is 60.8 Å². The van der Waals surface area contributed by atoms with Crippen molar-refractivity contribution in [2.75, 3.05) is 0 Å². The maximum atomic E-state index is 11.2. The van der Waals surface area contributed by atoms with Crippen molar-refractivity contribution in [3.05, 3.63) is 76.5 Å². The molecule has 0 radical (unpaired) electrons. The lowest BCUT2D eigenvalue weighted by molar-refractivity contribution is -0.383. The zero-order valence-electron chi connectivity index (χ0n) is 11.1. The molecule has 0 fully saturated rings. The van der Waals surface area contributed by atoms with Gasteiger partial charge in [-0.1, -0.05) is 36.4 Å². The number of fused-ring (bicyclic) bond motifs is 1. The van der Waals surface area contributed by atoms with Crippen molar-refractivity contribution in [3.8, 4) is 5.75 Å². The lowest BCUT2D eigenvalue weighted by Gasteiger charge is -2.07. The van der Waals surface area contributed by atoms with Gasteiger partial charge in [0, 0.05) is 11.6 Å². The number of hydrogen-bond donors (Lipinski definition) is 0. The van der Waals surface area contributed by atoms with E-state index in [0.29, 0.717) is 23.3 Å². The number of rotatable bonds is 4. The Balaban J connectivity index is 1.94. The molecule has 3 rings (SSSR count). The summed E-state index contributed by atoms with van der Waals surface area (Å²) in [5, 5.41) is 11.8. The molecule has 104 valence electrons. The van der Waals surface area contributed by atoms with Crippen molar-refractivity contribution >= 4 is 16.6 Å². The molecule has 0 aliphatic carbocycles. The summed E-state index contributed by atoms with van der Waals surface area (Å²) in [5.41, 5.74) is 1.33. The molecular weight excluding hydrogens is 268 g/mol. The van der Waals surface area contributed by atoms with E-state index in [1.165, 1.54) is 6.07 Å². The second-order valence-corrected chi connectivity index (χ2v) is 4.55. The Kier molecular flexibility index (Phi) is 3.47. The molecule has 2 aromatic carbocycles. The largest absolute Gasteiger partial charge is 0.489 e. The Labute approximate surface area is 121 Å². The van der Waals surface area contributed by atoms with Crippen molar-refractivity contribution in [1.29, 1.82) is 0 Å². The summed E-state index contributed by atoms with van der Waals surface area (Å²) in [6.45, 7) is 0.365. The lowest BCUT2D eigenvalue weighted by atomic mass is 10.2. The molecule has 1 heterocycles. The molecule has 5 nitrogen and oxygen atoms in total. The number of pyridine rings is 1. The molecule has 0 amide bonds. The molecule has 0 aliphatic heterocycles. The maximum absolute atomic E-state index is 11.2. The highest BCUT2D eigenvalue weighted by Crippen LogP contribution is 2.29. The molecule has 0 N–H and O–H groups in total. The van der Waals surface area contributed by atoms with Gasteiger partial charge in [-0.3, -0.25) is 10.1 Å². The summed E-state index contributed by atoms with van der Waals surface area (Å²) in [4.78, 5) is 14.8. The molecule has 0 saturated carbocycles. The van der Waals surface area contributed by atoms with Crippen LogP contribution in [0.4, 0.5) is 5.69 Å². The molecule has 0 spiro atoms. The summed E-state index contributed by atoms with van der Waals surface area (Å²) >= 11 is 0. The standard InChI is InChI=1S/C16H12N2O3/c19-18(20)15-10-14(9-13-7-4-8-17-16(13)15)21-11-12-5-2-1-3-6-12/h1-10H,11H2. The van der Waals surface area contributed by atoms with Gasteiger partial charge >= 0.3 is 0 Å². The minimum absolute atomic E-state index is 0.0452. The van der Waals surface area contributed by atoms with Crippen molar-refractivity contribution in [2.45, 2.75) is 6.61 Å². The van der Waals surface area contributed by atoms with Gasteiger partial charge in [-0.25, -0.2) is 4.98 Å². The normalized spacial score (nSPS) is 10.5. The first-order chi connectivity index (χ1) is 10.2. The molecule has 3 aromatic rings. The third-order valence-corrected chi connectivity index (χ3v) is 3.10. The SMILES string of the molecule is O=[N+]([O-])c1cc(OCc2ccccc2)cc2cccnc12. The van der Waals surface area contributed by atoms with E-state index in [1.807, 2.05) is 30.3 Å². The van der Waals surface area contributed by atoms with E-state index >= 15 is 0 Å². The molecule has 0 aliphatic rings. The molecular formula is C16H12N2O3. The number of benzene rings is 2. The number of nitrogens with zero attached hydrogens (tertiary/aromatic N) is 2. The van der Waals surface area contributed by atoms with Crippen LogP contribution in [-0.4, -0.2) is 9.91 Å². The summed E-state index contributed by atoms with van der Waals surface area (Å²) in [6.07, 6.45) is 1.54. The molecule has 1 aromatic heterocycles. The first kappa shape index (κ1) is 13.1. The summed E-state index contributed by atoms with van der Waals surface area (Å²) in [6, 6.07) is 16.4. The van der Waals surface area contributed by atoms with Crippen LogP contribution in [0, 0.1) is 10.1 Å². The summed E-state index contributed by atoms with van der Waals surface area (Å²) in [7, 11) is 0. The van der Waals surface area contributed by atoms with E-state index in [1.54, 1.807) is 24.4 Å². The molecule has 0 unspecified atom stereocenters. The zero-order valence-corrected chi connectivity index (χ0v) is 11.1. The van der Waals surface area contributed by atoms with Crippen LogP contribution < -0.4 is 4.74 Å². The predicted molar refractivity (Wildman–Crippen MR) is 79.2 cm³/mol. The summed E-state index contributed by atoms with van der Waals surface area (Å²) in [5.74, 6) is 0.464. The van der Waals surface area contributed by atoms with Crippen molar-refractivity contribution in [3.63, 3.8) is 0 Å². The number of hydrogen-bond acceptors (Lipinski definition) is 4. The van der Waals surface area contributed by atoms with Crippen LogP contribution in [0.25, 0.3) is 10.9 Å². The minimum Gasteiger partial charge on any atom is -0.489 e. The van der Waals surface area contributed by atoms with Gasteiger partial charge in [0.05, 0.1) is 11.0 Å². The highest BCUT2D eigenvalue weighted by molar-refractivity contribution is 5.88. The molecule has 0 atom stereocenters. The average Bonchev–Trinajstić information content (AvgIpc) is 2.53. The fourth-order valence-electron chi connectivity index (χ4n) is 2.11. The topological polar surface area (TPSA) is 65.3 Å². The Bertz CT molecular complexity index is 788. The smallest absolute Gasteiger partial charge is 0.299 e. The van der Waals surface area contributed by atoms with E-state index in [0.717, 1.165) is 5.56 Å². The minimum atomic E-state index is -0.440. The Hall–Kier alpha value is -2.95. The third-order valence-electron chi connectivity index (χ3n) is 3.10. The van der Waals surface area contributed by atoms with E-state index < -0.39 is 4.92 Å². The second-order valence-electron chi connectivity index (χ2n) is 4.55. The number of non-ortho nitro benzene ring substituents is 1. The quantitative estimate of drug-likeness (QED) is 0.539. The number of nitro groups is 1. The van der Waals surface area contributed by atoms with Gasteiger partial charge in [0.1, 0.15) is 17.9 Å². The number of aromatic nitrogens is 1. The van der Waals surface area contributed by atoms with Crippen LogP contribution in [0.2, 0.25) is 0 Å². The first-order valence-electron chi connectivity index (χ1n) is 6.44.